The minimum absolute atomic E-state index is 0.0152. The van der Waals surface area contributed by atoms with Gasteiger partial charge in [0.05, 0.1) is 10.8 Å². The number of sulfonamides is 1. The Labute approximate surface area is 108 Å². The van der Waals surface area contributed by atoms with Gasteiger partial charge in [-0.25, -0.2) is 13.1 Å². The van der Waals surface area contributed by atoms with Gasteiger partial charge in [0.15, 0.2) is 5.84 Å². The zero-order chi connectivity index (χ0) is 13.4. The maximum Gasteiger partial charge on any atom is 0.215 e. The van der Waals surface area contributed by atoms with Crippen molar-refractivity contribution in [2.24, 2.45) is 16.8 Å². The number of hydrogen-bond donors (Lipinski definition) is 3. The first-order valence-electron chi connectivity index (χ1n) is 6.40. The molecule has 0 bridgehead atoms. The molecule has 4 N–H and O–H groups in total. The molecule has 2 aliphatic rings. The van der Waals surface area contributed by atoms with Crippen LogP contribution in [0.4, 0.5) is 0 Å². The Hall–Kier alpha value is -0.820. The fraction of sp³-hybridized carbons (Fsp3) is 0.909. The second kappa shape index (κ2) is 4.70. The molecule has 2 fully saturated rings. The Morgan fingerprint density at radius 1 is 1.33 bits per heavy atom. The van der Waals surface area contributed by atoms with E-state index in [9.17, 15) is 8.42 Å². The molecule has 18 heavy (non-hydrogen) atoms. The zero-order valence-corrected chi connectivity index (χ0v) is 11.4. The first-order valence-corrected chi connectivity index (χ1v) is 7.95. The largest absolute Gasteiger partial charge is 0.409 e. The number of amidine groups is 1. The summed E-state index contributed by atoms with van der Waals surface area (Å²) >= 11 is 0. The van der Waals surface area contributed by atoms with Gasteiger partial charge in [-0.15, -0.1) is 0 Å². The lowest BCUT2D eigenvalue weighted by Crippen LogP contribution is -2.59. The Bertz CT molecular complexity index is 434. The van der Waals surface area contributed by atoms with E-state index in [1.165, 1.54) is 0 Å². The SMILES string of the molecule is CC1CCC(NS(=O)(=O)C2CC2)(C(N)=NO)CC1. The van der Waals surface area contributed by atoms with E-state index in [2.05, 4.69) is 16.8 Å². The van der Waals surface area contributed by atoms with Crippen molar-refractivity contribution in [1.82, 2.24) is 4.72 Å². The van der Waals surface area contributed by atoms with E-state index < -0.39 is 15.6 Å². The van der Waals surface area contributed by atoms with Crippen molar-refractivity contribution < 1.29 is 13.6 Å². The van der Waals surface area contributed by atoms with Crippen LogP contribution in [-0.2, 0) is 10.0 Å². The summed E-state index contributed by atoms with van der Waals surface area (Å²) in [6, 6.07) is 0. The van der Waals surface area contributed by atoms with Crippen LogP contribution >= 0.6 is 0 Å². The van der Waals surface area contributed by atoms with Crippen LogP contribution in [0.2, 0.25) is 0 Å². The predicted octanol–water partition coefficient (Wildman–Crippen LogP) is 0.763. The molecular weight excluding hydrogens is 254 g/mol. The van der Waals surface area contributed by atoms with Crippen LogP contribution in [0, 0.1) is 5.92 Å². The van der Waals surface area contributed by atoms with Gasteiger partial charge in [-0.2, -0.15) is 0 Å². The predicted molar refractivity (Wildman–Crippen MR) is 68.8 cm³/mol. The van der Waals surface area contributed by atoms with Crippen LogP contribution < -0.4 is 10.5 Å². The zero-order valence-electron chi connectivity index (χ0n) is 10.6. The molecule has 0 aromatic heterocycles. The van der Waals surface area contributed by atoms with Crippen LogP contribution in [0.5, 0.6) is 0 Å². The molecule has 0 saturated heterocycles. The van der Waals surface area contributed by atoms with E-state index in [4.69, 9.17) is 10.9 Å². The van der Waals surface area contributed by atoms with Crippen molar-refractivity contribution in [2.75, 3.05) is 0 Å². The van der Waals surface area contributed by atoms with Gasteiger partial charge in [0.2, 0.25) is 10.0 Å². The smallest absolute Gasteiger partial charge is 0.215 e. The van der Waals surface area contributed by atoms with Gasteiger partial charge in [-0.05, 0) is 44.4 Å². The van der Waals surface area contributed by atoms with Gasteiger partial charge in [0, 0.05) is 0 Å². The fourth-order valence-electron chi connectivity index (χ4n) is 2.50. The molecular formula is C11H21N3O3S. The van der Waals surface area contributed by atoms with Gasteiger partial charge in [-0.1, -0.05) is 12.1 Å². The van der Waals surface area contributed by atoms with E-state index in [1.54, 1.807) is 0 Å². The molecule has 104 valence electrons. The van der Waals surface area contributed by atoms with Crippen LogP contribution in [0.15, 0.2) is 5.16 Å². The average Bonchev–Trinajstić information content (AvgIpc) is 3.15. The lowest BCUT2D eigenvalue weighted by Gasteiger charge is -2.38. The lowest BCUT2D eigenvalue weighted by atomic mass is 9.77. The van der Waals surface area contributed by atoms with Gasteiger partial charge >= 0.3 is 0 Å². The average molecular weight is 275 g/mol. The highest BCUT2D eigenvalue weighted by molar-refractivity contribution is 7.90. The summed E-state index contributed by atoms with van der Waals surface area (Å²) in [4.78, 5) is 0. The highest BCUT2D eigenvalue weighted by atomic mass is 32.2. The molecule has 0 radical (unpaired) electrons. The van der Waals surface area contributed by atoms with Crippen molar-refractivity contribution in [1.29, 1.82) is 0 Å². The van der Waals surface area contributed by atoms with Crippen LogP contribution in [-0.4, -0.2) is 30.2 Å². The summed E-state index contributed by atoms with van der Waals surface area (Å²) in [7, 11) is -3.34. The van der Waals surface area contributed by atoms with Gasteiger partial charge in [0.25, 0.3) is 0 Å². The molecule has 0 aromatic rings. The monoisotopic (exact) mass is 275 g/mol. The third-order valence-electron chi connectivity index (χ3n) is 4.03. The van der Waals surface area contributed by atoms with Gasteiger partial charge < -0.3 is 10.9 Å². The molecule has 0 atom stereocenters. The summed E-state index contributed by atoms with van der Waals surface area (Å²) < 4.78 is 26.8. The molecule has 0 amide bonds. The quantitative estimate of drug-likeness (QED) is 0.305. The summed E-state index contributed by atoms with van der Waals surface area (Å²) in [5.41, 5.74) is 4.84. The standard InChI is InChI=1S/C11H21N3O3S/c1-8-4-6-11(7-5-8,10(12)13-15)14-18(16,17)9-2-3-9/h8-9,14-15H,2-7H2,1H3,(H2,12,13). The molecule has 0 aliphatic heterocycles. The number of nitrogens with two attached hydrogens (primary N) is 1. The van der Waals surface area contributed by atoms with Crippen molar-refractivity contribution in [3.63, 3.8) is 0 Å². The highest BCUT2D eigenvalue weighted by Gasteiger charge is 2.46. The van der Waals surface area contributed by atoms with Crippen molar-refractivity contribution >= 4 is 15.9 Å². The second-order valence-electron chi connectivity index (χ2n) is 5.60. The summed E-state index contributed by atoms with van der Waals surface area (Å²) in [6.45, 7) is 2.13. The number of rotatable bonds is 4. The van der Waals surface area contributed by atoms with E-state index in [0.717, 1.165) is 12.8 Å². The first kappa shape index (κ1) is 13.6. The molecule has 0 spiro atoms. The lowest BCUT2D eigenvalue weighted by molar-refractivity contribution is 0.266. The van der Waals surface area contributed by atoms with E-state index >= 15 is 0 Å². The Morgan fingerprint density at radius 3 is 2.33 bits per heavy atom. The van der Waals surface area contributed by atoms with Crippen molar-refractivity contribution in [2.45, 2.75) is 56.2 Å². The summed E-state index contributed by atoms with van der Waals surface area (Å²) in [5, 5.41) is 11.6. The molecule has 7 heteroatoms. The number of oxime groups is 1. The molecule has 0 unspecified atom stereocenters. The topological polar surface area (TPSA) is 105 Å². The highest BCUT2D eigenvalue weighted by Crippen LogP contribution is 2.35. The van der Waals surface area contributed by atoms with Crippen LogP contribution in [0.1, 0.15) is 45.4 Å². The Morgan fingerprint density at radius 2 is 1.89 bits per heavy atom. The molecule has 6 nitrogen and oxygen atoms in total. The van der Waals surface area contributed by atoms with Crippen molar-refractivity contribution in [3.05, 3.63) is 0 Å². The minimum Gasteiger partial charge on any atom is -0.409 e. The minimum atomic E-state index is -3.34. The molecule has 2 aliphatic carbocycles. The Kier molecular flexibility index (Phi) is 3.55. The van der Waals surface area contributed by atoms with E-state index in [0.29, 0.717) is 31.6 Å². The molecule has 0 aromatic carbocycles. The van der Waals surface area contributed by atoms with Gasteiger partial charge in [0.1, 0.15) is 0 Å². The van der Waals surface area contributed by atoms with E-state index in [-0.39, 0.29) is 11.1 Å². The fourth-order valence-corrected chi connectivity index (χ4v) is 4.27. The van der Waals surface area contributed by atoms with Crippen molar-refractivity contribution in [3.8, 4) is 0 Å². The third kappa shape index (κ3) is 2.61. The maximum absolute atomic E-state index is 12.1. The molecule has 0 heterocycles. The summed E-state index contributed by atoms with van der Waals surface area (Å²) in [5.74, 6) is 0.536. The first-order chi connectivity index (χ1) is 8.39. The molecule has 2 rings (SSSR count). The van der Waals surface area contributed by atoms with Crippen LogP contribution in [0.3, 0.4) is 0 Å². The normalized spacial score (nSPS) is 34.5. The van der Waals surface area contributed by atoms with Gasteiger partial charge in [-0.3, -0.25) is 0 Å². The van der Waals surface area contributed by atoms with Crippen LogP contribution in [0.25, 0.3) is 0 Å². The maximum atomic E-state index is 12.1. The molecule has 2 saturated carbocycles. The number of nitrogens with zero attached hydrogens (tertiary/aromatic N) is 1. The third-order valence-corrected chi connectivity index (χ3v) is 6.05. The second-order valence-corrected chi connectivity index (χ2v) is 7.56. The number of nitrogens with one attached hydrogen (secondary N) is 1. The Balaban J connectivity index is 2.20. The summed E-state index contributed by atoms with van der Waals surface area (Å²) in [6.07, 6.45) is 4.36. The van der Waals surface area contributed by atoms with E-state index in [1.807, 2.05) is 0 Å². The number of hydrogen-bond acceptors (Lipinski definition) is 4.